The van der Waals surface area contributed by atoms with Crippen molar-refractivity contribution in [3.8, 4) is 0 Å². The third-order valence-electron chi connectivity index (χ3n) is 2.95. The molecule has 2 aromatic rings. The molecule has 1 aromatic heterocycles. The van der Waals surface area contributed by atoms with Crippen LogP contribution in [-0.4, -0.2) is 11.5 Å². The standard InChI is InChI=1S/C15H18N2/c1-12-4-3-5-13(2)15(12)17-11-8-14-6-9-16-10-7-14/h3-7,9-10,17H,8,11H2,1-2H3. The molecule has 0 atom stereocenters. The number of rotatable bonds is 4. The molecular formula is C15H18N2. The van der Waals surface area contributed by atoms with Gasteiger partial charge in [-0.3, -0.25) is 4.98 Å². The van der Waals surface area contributed by atoms with Crippen LogP contribution in [0.3, 0.4) is 0 Å². The predicted octanol–water partition coefficient (Wildman–Crippen LogP) is 3.35. The molecule has 2 nitrogen and oxygen atoms in total. The zero-order valence-electron chi connectivity index (χ0n) is 10.4. The van der Waals surface area contributed by atoms with E-state index in [1.54, 1.807) is 0 Å². The molecule has 0 spiro atoms. The Morgan fingerprint density at radius 1 is 1.00 bits per heavy atom. The number of hydrogen-bond acceptors (Lipinski definition) is 2. The van der Waals surface area contributed by atoms with E-state index in [1.807, 2.05) is 12.4 Å². The maximum absolute atomic E-state index is 4.02. The number of para-hydroxylation sites is 1. The van der Waals surface area contributed by atoms with Crippen LogP contribution in [0.2, 0.25) is 0 Å². The summed E-state index contributed by atoms with van der Waals surface area (Å²) in [5.41, 5.74) is 5.19. The zero-order chi connectivity index (χ0) is 12.1. The van der Waals surface area contributed by atoms with E-state index in [1.165, 1.54) is 22.4 Å². The number of aryl methyl sites for hydroxylation is 2. The topological polar surface area (TPSA) is 24.9 Å². The van der Waals surface area contributed by atoms with Crippen molar-refractivity contribution in [3.05, 3.63) is 59.4 Å². The van der Waals surface area contributed by atoms with Gasteiger partial charge in [0, 0.05) is 24.6 Å². The number of nitrogens with one attached hydrogen (secondary N) is 1. The van der Waals surface area contributed by atoms with Crippen LogP contribution >= 0.6 is 0 Å². The number of hydrogen-bond donors (Lipinski definition) is 1. The SMILES string of the molecule is Cc1cccc(C)c1NCCc1ccncc1. The van der Waals surface area contributed by atoms with Gasteiger partial charge in [0.1, 0.15) is 0 Å². The lowest BCUT2D eigenvalue weighted by Gasteiger charge is -2.12. The van der Waals surface area contributed by atoms with Gasteiger partial charge in [0.25, 0.3) is 0 Å². The van der Waals surface area contributed by atoms with Gasteiger partial charge in [-0.25, -0.2) is 0 Å². The fraction of sp³-hybridized carbons (Fsp3) is 0.267. The molecule has 2 rings (SSSR count). The van der Waals surface area contributed by atoms with Crippen LogP contribution < -0.4 is 5.32 Å². The molecule has 0 radical (unpaired) electrons. The summed E-state index contributed by atoms with van der Waals surface area (Å²) in [5.74, 6) is 0. The zero-order valence-corrected chi connectivity index (χ0v) is 10.4. The number of benzene rings is 1. The number of anilines is 1. The molecule has 0 saturated carbocycles. The Bertz CT molecular complexity index is 457. The van der Waals surface area contributed by atoms with Crippen LogP contribution in [0.15, 0.2) is 42.7 Å². The highest BCUT2D eigenvalue weighted by Gasteiger charge is 2.00. The van der Waals surface area contributed by atoms with Crippen molar-refractivity contribution in [2.24, 2.45) is 0 Å². The summed E-state index contributed by atoms with van der Waals surface area (Å²) < 4.78 is 0. The number of nitrogens with zero attached hydrogens (tertiary/aromatic N) is 1. The fourth-order valence-corrected chi connectivity index (χ4v) is 1.97. The van der Waals surface area contributed by atoms with Crippen molar-refractivity contribution in [2.75, 3.05) is 11.9 Å². The highest BCUT2D eigenvalue weighted by Crippen LogP contribution is 2.19. The van der Waals surface area contributed by atoms with Crippen LogP contribution in [0.1, 0.15) is 16.7 Å². The van der Waals surface area contributed by atoms with E-state index in [0.29, 0.717) is 0 Å². The minimum absolute atomic E-state index is 0.954. The fourth-order valence-electron chi connectivity index (χ4n) is 1.97. The Balaban J connectivity index is 1.95. The molecule has 1 N–H and O–H groups in total. The van der Waals surface area contributed by atoms with E-state index in [0.717, 1.165) is 13.0 Å². The molecule has 1 aromatic carbocycles. The average Bonchev–Trinajstić information content (AvgIpc) is 2.34. The summed E-state index contributed by atoms with van der Waals surface area (Å²) in [4.78, 5) is 4.02. The molecule has 0 unspecified atom stereocenters. The van der Waals surface area contributed by atoms with Crippen molar-refractivity contribution in [1.29, 1.82) is 0 Å². The minimum atomic E-state index is 0.954. The average molecular weight is 226 g/mol. The molecule has 0 fully saturated rings. The van der Waals surface area contributed by atoms with Gasteiger partial charge in [0.15, 0.2) is 0 Å². The van der Waals surface area contributed by atoms with Crippen LogP contribution in [0.25, 0.3) is 0 Å². The largest absolute Gasteiger partial charge is 0.384 e. The van der Waals surface area contributed by atoms with Gasteiger partial charge in [0.2, 0.25) is 0 Å². The van der Waals surface area contributed by atoms with Crippen LogP contribution in [0, 0.1) is 13.8 Å². The Morgan fingerprint density at radius 2 is 1.65 bits per heavy atom. The number of pyridine rings is 1. The molecule has 0 aliphatic heterocycles. The minimum Gasteiger partial charge on any atom is -0.384 e. The van der Waals surface area contributed by atoms with Gasteiger partial charge >= 0.3 is 0 Å². The van der Waals surface area contributed by atoms with Crippen molar-refractivity contribution in [1.82, 2.24) is 4.98 Å². The van der Waals surface area contributed by atoms with Crippen LogP contribution in [0.5, 0.6) is 0 Å². The van der Waals surface area contributed by atoms with E-state index in [-0.39, 0.29) is 0 Å². The first kappa shape index (κ1) is 11.6. The first-order valence-corrected chi connectivity index (χ1v) is 5.96. The Hall–Kier alpha value is -1.83. The first-order chi connectivity index (χ1) is 8.27. The second-order valence-electron chi connectivity index (χ2n) is 4.30. The highest BCUT2D eigenvalue weighted by molar-refractivity contribution is 5.56. The van der Waals surface area contributed by atoms with Gasteiger partial charge in [-0.2, -0.15) is 0 Å². The van der Waals surface area contributed by atoms with Crippen LogP contribution in [0.4, 0.5) is 5.69 Å². The Labute approximate surface area is 103 Å². The van der Waals surface area contributed by atoms with Gasteiger partial charge in [-0.15, -0.1) is 0 Å². The summed E-state index contributed by atoms with van der Waals surface area (Å²) in [7, 11) is 0. The summed E-state index contributed by atoms with van der Waals surface area (Å²) in [6, 6.07) is 10.5. The molecule has 0 bridgehead atoms. The van der Waals surface area contributed by atoms with E-state index < -0.39 is 0 Å². The summed E-state index contributed by atoms with van der Waals surface area (Å²) in [6.07, 6.45) is 4.71. The van der Waals surface area contributed by atoms with Crippen molar-refractivity contribution in [2.45, 2.75) is 20.3 Å². The molecule has 0 aliphatic carbocycles. The summed E-state index contributed by atoms with van der Waals surface area (Å²) >= 11 is 0. The van der Waals surface area contributed by atoms with Gasteiger partial charge < -0.3 is 5.32 Å². The lowest BCUT2D eigenvalue weighted by molar-refractivity contribution is 1.01. The smallest absolute Gasteiger partial charge is 0.0399 e. The molecule has 1 heterocycles. The molecule has 17 heavy (non-hydrogen) atoms. The Morgan fingerprint density at radius 3 is 2.29 bits per heavy atom. The first-order valence-electron chi connectivity index (χ1n) is 5.96. The maximum atomic E-state index is 4.02. The van der Waals surface area contributed by atoms with Crippen molar-refractivity contribution < 1.29 is 0 Å². The monoisotopic (exact) mass is 226 g/mol. The predicted molar refractivity (Wildman–Crippen MR) is 72.3 cm³/mol. The second kappa shape index (κ2) is 5.48. The molecular weight excluding hydrogens is 208 g/mol. The van der Waals surface area contributed by atoms with Gasteiger partial charge in [0.05, 0.1) is 0 Å². The lowest BCUT2D eigenvalue weighted by atomic mass is 10.1. The van der Waals surface area contributed by atoms with Crippen molar-refractivity contribution >= 4 is 5.69 Å². The van der Waals surface area contributed by atoms with Gasteiger partial charge in [-0.05, 0) is 49.1 Å². The highest BCUT2D eigenvalue weighted by atomic mass is 14.9. The second-order valence-corrected chi connectivity index (χ2v) is 4.30. The molecule has 2 heteroatoms. The molecule has 0 saturated heterocycles. The van der Waals surface area contributed by atoms with Gasteiger partial charge in [-0.1, -0.05) is 18.2 Å². The Kier molecular flexibility index (Phi) is 3.76. The quantitative estimate of drug-likeness (QED) is 0.864. The van der Waals surface area contributed by atoms with E-state index in [4.69, 9.17) is 0 Å². The van der Waals surface area contributed by atoms with Crippen LogP contribution in [-0.2, 0) is 6.42 Å². The summed E-state index contributed by atoms with van der Waals surface area (Å²) in [5, 5.41) is 3.51. The molecule has 0 amide bonds. The summed E-state index contributed by atoms with van der Waals surface area (Å²) in [6.45, 7) is 5.24. The molecule has 0 aliphatic rings. The molecule has 88 valence electrons. The number of aromatic nitrogens is 1. The maximum Gasteiger partial charge on any atom is 0.0399 e. The van der Waals surface area contributed by atoms with E-state index >= 15 is 0 Å². The van der Waals surface area contributed by atoms with E-state index in [9.17, 15) is 0 Å². The van der Waals surface area contributed by atoms with Crippen molar-refractivity contribution in [3.63, 3.8) is 0 Å². The third kappa shape index (κ3) is 3.06. The van der Waals surface area contributed by atoms with E-state index in [2.05, 4.69) is 54.5 Å². The normalized spacial score (nSPS) is 10.2. The third-order valence-corrected chi connectivity index (χ3v) is 2.95. The lowest BCUT2D eigenvalue weighted by Crippen LogP contribution is -2.07.